The summed E-state index contributed by atoms with van der Waals surface area (Å²) in [6.45, 7) is 8.37. The van der Waals surface area contributed by atoms with Gasteiger partial charge in [0.15, 0.2) is 0 Å². The maximum atomic E-state index is 14.2. The molecule has 0 aliphatic carbocycles. The third kappa shape index (κ3) is 3.01. The van der Waals surface area contributed by atoms with Crippen LogP contribution in [0.15, 0.2) is 22.7 Å². The largest absolute Gasteiger partial charge is 0.363 e. The molecule has 1 fully saturated rings. The number of piperazine rings is 1. The number of nitrogens with one attached hydrogen (secondary N) is 1. The lowest BCUT2D eigenvalue weighted by atomic mass is 9.87. The van der Waals surface area contributed by atoms with Gasteiger partial charge in [-0.15, -0.1) is 0 Å². The van der Waals surface area contributed by atoms with E-state index in [9.17, 15) is 4.39 Å². The third-order valence-corrected chi connectivity index (χ3v) is 5.16. The van der Waals surface area contributed by atoms with Crippen molar-refractivity contribution in [2.75, 3.05) is 18.0 Å². The Morgan fingerprint density at radius 2 is 2.05 bits per heavy atom. The molecule has 0 aromatic heterocycles. The van der Waals surface area contributed by atoms with Crippen LogP contribution in [-0.4, -0.2) is 24.7 Å². The summed E-state index contributed by atoms with van der Waals surface area (Å²) in [4.78, 5) is 2.25. The van der Waals surface area contributed by atoms with E-state index in [2.05, 4.69) is 46.9 Å². The molecule has 1 aromatic carbocycles. The van der Waals surface area contributed by atoms with Gasteiger partial charge in [-0.3, -0.25) is 0 Å². The molecule has 1 aromatic rings. The molecule has 20 heavy (non-hydrogen) atoms. The van der Waals surface area contributed by atoms with Gasteiger partial charge in [-0.05, 0) is 37.5 Å². The Balaban J connectivity index is 2.36. The van der Waals surface area contributed by atoms with E-state index in [1.165, 1.54) is 0 Å². The fraction of sp³-hybridized carbons (Fsp3) is 0.625. The smallest absolute Gasteiger partial charge is 0.146 e. The molecule has 112 valence electrons. The van der Waals surface area contributed by atoms with Crippen LogP contribution < -0.4 is 10.2 Å². The maximum absolute atomic E-state index is 14.2. The van der Waals surface area contributed by atoms with Crippen molar-refractivity contribution in [3.05, 3.63) is 28.5 Å². The standard InChI is InChI=1S/C16H24BrFN2/c1-4-13-10-19-16(5-2,6-3)11-20(13)15-9-12(17)7-8-14(15)18/h7-9,13,19H,4-6,10-11H2,1-3H3. The highest BCUT2D eigenvalue weighted by Crippen LogP contribution is 2.32. The van der Waals surface area contributed by atoms with Gasteiger partial charge in [-0.1, -0.05) is 36.7 Å². The van der Waals surface area contributed by atoms with E-state index >= 15 is 0 Å². The summed E-state index contributed by atoms with van der Waals surface area (Å²) >= 11 is 3.46. The zero-order chi connectivity index (χ0) is 14.8. The lowest BCUT2D eigenvalue weighted by molar-refractivity contribution is 0.245. The van der Waals surface area contributed by atoms with Crippen LogP contribution in [0.4, 0.5) is 10.1 Å². The molecule has 1 aliphatic heterocycles. The van der Waals surface area contributed by atoms with Crippen LogP contribution in [0.2, 0.25) is 0 Å². The van der Waals surface area contributed by atoms with Crippen molar-refractivity contribution in [1.82, 2.24) is 5.32 Å². The number of nitrogens with zero attached hydrogens (tertiary/aromatic N) is 1. The Bertz CT molecular complexity index is 460. The molecule has 4 heteroatoms. The van der Waals surface area contributed by atoms with Crippen LogP contribution in [0.5, 0.6) is 0 Å². The predicted octanol–water partition coefficient (Wildman–Crippen LogP) is 4.34. The summed E-state index contributed by atoms with van der Waals surface area (Å²) < 4.78 is 15.2. The van der Waals surface area contributed by atoms with E-state index in [4.69, 9.17) is 0 Å². The van der Waals surface area contributed by atoms with Crippen molar-refractivity contribution in [2.45, 2.75) is 51.6 Å². The minimum Gasteiger partial charge on any atom is -0.363 e. The number of halogens is 2. The number of anilines is 1. The highest BCUT2D eigenvalue weighted by molar-refractivity contribution is 9.10. The SMILES string of the molecule is CCC1CNC(CC)(CC)CN1c1cc(Br)ccc1F. The average Bonchev–Trinajstić information content (AvgIpc) is 2.49. The van der Waals surface area contributed by atoms with Crippen LogP contribution in [0.3, 0.4) is 0 Å². The lowest BCUT2D eigenvalue weighted by Crippen LogP contribution is -2.64. The molecule has 1 atom stereocenters. The zero-order valence-corrected chi connectivity index (χ0v) is 14.1. The molecule has 0 bridgehead atoms. The van der Waals surface area contributed by atoms with Gasteiger partial charge in [-0.25, -0.2) is 4.39 Å². The molecule has 1 heterocycles. The second kappa shape index (κ2) is 6.44. The second-order valence-corrected chi connectivity index (χ2v) is 6.57. The normalized spacial score (nSPS) is 22.1. The Kier molecular flexibility index (Phi) is 5.08. The summed E-state index contributed by atoms with van der Waals surface area (Å²) in [6, 6.07) is 5.56. The van der Waals surface area contributed by atoms with Gasteiger partial charge in [0.25, 0.3) is 0 Å². The van der Waals surface area contributed by atoms with Gasteiger partial charge in [0.2, 0.25) is 0 Å². The molecule has 1 aliphatic rings. The lowest BCUT2D eigenvalue weighted by Gasteiger charge is -2.48. The van der Waals surface area contributed by atoms with E-state index in [0.29, 0.717) is 6.04 Å². The minimum atomic E-state index is -0.130. The molecule has 0 spiro atoms. The van der Waals surface area contributed by atoms with E-state index in [1.54, 1.807) is 12.1 Å². The highest BCUT2D eigenvalue weighted by atomic mass is 79.9. The van der Waals surface area contributed by atoms with Crippen molar-refractivity contribution in [1.29, 1.82) is 0 Å². The van der Waals surface area contributed by atoms with Crippen LogP contribution >= 0.6 is 15.9 Å². The molecular weight excluding hydrogens is 319 g/mol. The molecule has 0 radical (unpaired) electrons. The van der Waals surface area contributed by atoms with Crippen LogP contribution in [-0.2, 0) is 0 Å². The first-order valence-corrected chi connectivity index (χ1v) is 8.31. The van der Waals surface area contributed by atoms with E-state index in [1.807, 2.05) is 6.07 Å². The summed E-state index contributed by atoms with van der Waals surface area (Å²) in [7, 11) is 0. The first-order valence-electron chi connectivity index (χ1n) is 7.52. The number of hydrogen-bond acceptors (Lipinski definition) is 2. The van der Waals surface area contributed by atoms with Crippen LogP contribution in [0.1, 0.15) is 40.0 Å². The fourth-order valence-corrected chi connectivity index (χ4v) is 3.38. The van der Waals surface area contributed by atoms with Gasteiger partial charge in [-0.2, -0.15) is 0 Å². The molecular formula is C16H24BrFN2. The second-order valence-electron chi connectivity index (χ2n) is 5.65. The number of benzene rings is 1. The minimum absolute atomic E-state index is 0.0976. The quantitative estimate of drug-likeness (QED) is 0.875. The van der Waals surface area contributed by atoms with Gasteiger partial charge in [0, 0.05) is 29.1 Å². The fourth-order valence-electron chi connectivity index (χ4n) is 3.03. The Labute approximate surface area is 129 Å². The van der Waals surface area contributed by atoms with E-state index in [0.717, 1.165) is 42.5 Å². The average molecular weight is 343 g/mol. The Morgan fingerprint density at radius 1 is 1.35 bits per heavy atom. The molecule has 1 unspecified atom stereocenters. The topological polar surface area (TPSA) is 15.3 Å². The summed E-state index contributed by atoms with van der Waals surface area (Å²) in [6.07, 6.45) is 3.14. The van der Waals surface area contributed by atoms with Gasteiger partial charge >= 0.3 is 0 Å². The van der Waals surface area contributed by atoms with Gasteiger partial charge in [0.05, 0.1) is 5.69 Å². The first-order chi connectivity index (χ1) is 9.55. The van der Waals surface area contributed by atoms with Crippen molar-refractivity contribution < 1.29 is 4.39 Å². The molecule has 0 amide bonds. The predicted molar refractivity (Wildman–Crippen MR) is 86.8 cm³/mol. The molecule has 2 nitrogen and oxygen atoms in total. The van der Waals surface area contributed by atoms with Crippen LogP contribution in [0, 0.1) is 5.82 Å². The van der Waals surface area contributed by atoms with Crippen molar-refractivity contribution in [3.63, 3.8) is 0 Å². The monoisotopic (exact) mass is 342 g/mol. The number of rotatable bonds is 4. The maximum Gasteiger partial charge on any atom is 0.146 e. The van der Waals surface area contributed by atoms with Crippen molar-refractivity contribution >= 4 is 21.6 Å². The molecule has 0 saturated carbocycles. The van der Waals surface area contributed by atoms with Gasteiger partial charge in [0.1, 0.15) is 5.82 Å². The highest BCUT2D eigenvalue weighted by Gasteiger charge is 2.37. The third-order valence-electron chi connectivity index (χ3n) is 4.67. The van der Waals surface area contributed by atoms with E-state index < -0.39 is 0 Å². The zero-order valence-electron chi connectivity index (χ0n) is 12.5. The first kappa shape index (κ1) is 15.8. The number of hydrogen-bond donors (Lipinski definition) is 1. The van der Waals surface area contributed by atoms with Crippen molar-refractivity contribution in [3.8, 4) is 0 Å². The van der Waals surface area contributed by atoms with Crippen molar-refractivity contribution in [2.24, 2.45) is 0 Å². The Hall–Kier alpha value is -0.610. The summed E-state index contributed by atoms with van der Waals surface area (Å²) in [5.74, 6) is -0.130. The summed E-state index contributed by atoms with van der Waals surface area (Å²) in [5.41, 5.74) is 0.819. The van der Waals surface area contributed by atoms with Gasteiger partial charge < -0.3 is 10.2 Å². The summed E-state index contributed by atoms with van der Waals surface area (Å²) in [5, 5.41) is 3.69. The van der Waals surface area contributed by atoms with Crippen LogP contribution in [0.25, 0.3) is 0 Å². The molecule has 1 N–H and O–H groups in total. The van der Waals surface area contributed by atoms with E-state index in [-0.39, 0.29) is 11.4 Å². The molecule has 1 saturated heterocycles. The molecule has 2 rings (SSSR count). The Morgan fingerprint density at radius 3 is 2.65 bits per heavy atom.